The van der Waals surface area contributed by atoms with Gasteiger partial charge in [0, 0.05) is 77.3 Å². The summed E-state index contributed by atoms with van der Waals surface area (Å²) in [4.78, 5) is 34.3. The Morgan fingerprint density at radius 3 is 1.85 bits per heavy atom. The van der Waals surface area contributed by atoms with Crippen LogP contribution >= 0.6 is 34.8 Å². The molecular formula is C51H65Cl3N18. The minimum absolute atomic E-state index is 0.00716. The molecule has 0 amide bonds. The smallest absolute Gasteiger partial charge is 0.223 e. The Balaban J connectivity index is 0.000000168. The fraction of sp³-hybridized carbons (Fsp3) is 0.255. The summed E-state index contributed by atoms with van der Waals surface area (Å²) in [6.45, 7) is 9.08. The Bertz CT molecular complexity index is 2900. The van der Waals surface area contributed by atoms with E-state index in [2.05, 4.69) is 88.9 Å². The molecule has 4 aromatic carbocycles. The first kappa shape index (κ1) is 55.7. The Morgan fingerprint density at radius 2 is 1.21 bits per heavy atom. The normalized spacial score (nSPS) is 14.0. The molecule has 9 rings (SSSR count). The zero-order valence-electron chi connectivity index (χ0n) is 40.6. The van der Waals surface area contributed by atoms with Gasteiger partial charge in [0.2, 0.25) is 11.9 Å². The van der Waals surface area contributed by atoms with Gasteiger partial charge in [0.25, 0.3) is 0 Å². The number of fused-ring (bicyclic) bond motifs is 2. The summed E-state index contributed by atoms with van der Waals surface area (Å²) >= 11 is 17.5. The molecule has 2 aliphatic rings. The zero-order valence-corrected chi connectivity index (χ0v) is 42.8. The van der Waals surface area contributed by atoms with E-state index in [1.165, 1.54) is 22.0 Å². The van der Waals surface area contributed by atoms with Gasteiger partial charge in [0.1, 0.15) is 16.8 Å². The van der Waals surface area contributed by atoms with E-state index >= 15 is 0 Å². The van der Waals surface area contributed by atoms with E-state index in [1.807, 2.05) is 54.6 Å². The van der Waals surface area contributed by atoms with Gasteiger partial charge in [0.05, 0.1) is 16.9 Å². The molecule has 21 heteroatoms. The quantitative estimate of drug-likeness (QED) is 0.0474. The van der Waals surface area contributed by atoms with E-state index in [0.29, 0.717) is 34.1 Å². The molecule has 0 aliphatic carbocycles. The number of piperidine rings is 1. The lowest BCUT2D eigenvalue weighted by atomic mass is 10.1. The fourth-order valence-corrected chi connectivity index (χ4v) is 7.93. The number of hydrogen-bond acceptors (Lipinski definition) is 9. The Hall–Kier alpha value is -7.19. The lowest BCUT2D eigenvalue weighted by molar-refractivity contribution is 0.312. The van der Waals surface area contributed by atoms with Gasteiger partial charge in [-0.2, -0.15) is 9.98 Å². The van der Waals surface area contributed by atoms with Crippen molar-refractivity contribution in [3.05, 3.63) is 154 Å². The summed E-state index contributed by atoms with van der Waals surface area (Å²) in [5.41, 5.74) is 48.7. The number of nitrogens with zero attached hydrogens (tertiary/aromatic N) is 9. The molecule has 0 saturated carbocycles. The number of likely N-dealkylation sites (N-methyl/N-ethyl adjacent to an activating group) is 1. The van der Waals surface area contributed by atoms with Crippen LogP contribution in [0.15, 0.2) is 147 Å². The molecule has 0 bridgehead atoms. The van der Waals surface area contributed by atoms with Crippen LogP contribution in [0.5, 0.6) is 0 Å². The van der Waals surface area contributed by atoms with Crippen LogP contribution in [0.1, 0.15) is 24.1 Å². The number of aromatic amines is 1. The molecule has 2 aliphatic heterocycles. The van der Waals surface area contributed by atoms with E-state index in [4.69, 9.17) is 85.7 Å². The number of hydrogen-bond donors (Lipinski definition) is 9. The van der Waals surface area contributed by atoms with Crippen LogP contribution in [0.25, 0.3) is 21.8 Å². The van der Waals surface area contributed by atoms with Gasteiger partial charge in [-0.25, -0.2) is 20.0 Å². The van der Waals surface area contributed by atoms with Gasteiger partial charge in [-0.1, -0.05) is 83.3 Å². The first-order valence-corrected chi connectivity index (χ1v) is 24.3. The summed E-state index contributed by atoms with van der Waals surface area (Å²) in [5.74, 6) is 1.88. The lowest BCUT2D eigenvalue weighted by Gasteiger charge is -2.33. The number of rotatable bonds is 6. The van der Waals surface area contributed by atoms with Crippen molar-refractivity contribution in [2.75, 3.05) is 62.7 Å². The van der Waals surface area contributed by atoms with Crippen molar-refractivity contribution < 1.29 is 0 Å². The Kier molecular flexibility index (Phi) is 22.1. The number of anilines is 2. The molecular weight excluding hydrogens is 971 g/mol. The van der Waals surface area contributed by atoms with Gasteiger partial charge in [-0.05, 0) is 124 Å². The van der Waals surface area contributed by atoms with Crippen molar-refractivity contribution in [2.45, 2.75) is 32.2 Å². The summed E-state index contributed by atoms with van der Waals surface area (Å²) in [6, 6.07) is 40.6. The van der Waals surface area contributed by atoms with Gasteiger partial charge < -0.3 is 65.6 Å². The first-order valence-electron chi connectivity index (χ1n) is 23.1. The second kappa shape index (κ2) is 28.6. The molecule has 0 spiro atoms. The highest BCUT2D eigenvalue weighted by molar-refractivity contribution is 6.31. The topological polar surface area (TPSA) is 309 Å². The average Bonchev–Trinajstić information content (AvgIpc) is 3.65. The summed E-state index contributed by atoms with van der Waals surface area (Å²) in [5, 5.41) is 4.31. The highest BCUT2D eigenvalue weighted by Gasteiger charge is 2.17. The van der Waals surface area contributed by atoms with Crippen LogP contribution in [0.2, 0.25) is 15.2 Å². The van der Waals surface area contributed by atoms with Crippen LogP contribution in [0.3, 0.4) is 0 Å². The molecule has 5 heterocycles. The van der Waals surface area contributed by atoms with Crippen molar-refractivity contribution in [1.82, 2.24) is 19.9 Å². The molecule has 72 heavy (non-hydrogen) atoms. The van der Waals surface area contributed by atoms with E-state index in [0.717, 1.165) is 86.2 Å². The van der Waals surface area contributed by atoms with E-state index in [1.54, 1.807) is 42.5 Å². The second-order valence-electron chi connectivity index (χ2n) is 16.6. The molecule has 0 unspecified atom stereocenters. The van der Waals surface area contributed by atoms with Gasteiger partial charge in [-0.15, -0.1) is 0 Å². The largest absolute Gasteiger partial charge is 0.370 e. The van der Waals surface area contributed by atoms with Crippen molar-refractivity contribution >= 4 is 103 Å². The summed E-state index contributed by atoms with van der Waals surface area (Å²) in [7, 11) is 2.17. The Labute approximate surface area is 435 Å². The minimum Gasteiger partial charge on any atom is -0.370 e. The number of nitrogens with one attached hydrogen (secondary N) is 1. The van der Waals surface area contributed by atoms with Crippen LogP contribution in [-0.4, -0.2) is 103 Å². The number of piperazine rings is 1. The highest BCUT2D eigenvalue weighted by atomic mass is 35.5. The molecule has 380 valence electrons. The van der Waals surface area contributed by atoms with Crippen molar-refractivity contribution in [3.8, 4) is 0 Å². The highest BCUT2D eigenvalue weighted by Crippen LogP contribution is 2.26. The van der Waals surface area contributed by atoms with Crippen LogP contribution in [0.4, 0.5) is 23.0 Å². The predicted octanol–water partition coefficient (Wildman–Crippen LogP) is 6.75. The number of para-hydroxylation sites is 2. The number of H-pyrrole nitrogens is 1. The molecule has 18 nitrogen and oxygen atoms in total. The molecule has 0 atom stereocenters. The molecule has 17 N–H and O–H groups in total. The van der Waals surface area contributed by atoms with Crippen molar-refractivity contribution in [1.29, 1.82) is 0 Å². The number of aryl methyl sites for hydroxylation is 1. The van der Waals surface area contributed by atoms with Crippen LogP contribution < -0.4 is 55.7 Å². The number of pyridine rings is 2. The molecule has 2 fully saturated rings. The van der Waals surface area contributed by atoms with Crippen LogP contribution in [-0.2, 0) is 6.42 Å². The maximum atomic E-state index is 5.95. The molecule has 2 saturated heterocycles. The molecule has 7 aromatic rings. The van der Waals surface area contributed by atoms with Crippen LogP contribution in [0, 0.1) is 6.92 Å². The number of guanidine groups is 4. The van der Waals surface area contributed by atoms with Gasteiger partial charge >= 0.3 is 0 Å². The third kappa shape index (κ3) is 18.9. The lowest BCUT2D eigenvalue weighted by Crippen LogP contribution is -2.44. The molecule has 0 radical (unpaired) electrons. The third-order valence-electron chi connectivity index (χ3n) is 11.0. The third-order valence-corrected chi connectivity index (χ3v) is 11.7. The van der Waals surface area contributed by atoms with Gasteiger partial charge in [0.15, 0.2) is 11.9 Å². The maximum Gasteiger partial charge on any atom is 0.223 e. The number of aliphatic imine (C=N–C) groups is 4. The monoisotopic (exact) mass is 1030 g/mol. The minimum atomic E-state index is -0.131. The van der Waals surface area contributed by atoms with Gasteiger partial charge in [-0.3, -0.25) is 0 Å². The summed E-state index contributed by atoms with van der Waals surface area (Å²) < 4.78 is 0. The number of benzene rings is 4. The predicted molar refractivity (Wildman–Crippen MR) is 303 cm³/mol. The number of nitrogens with two attached hydrogens (primary N) is 8. The van der Waals surface area contributed by atoms with E-state index < -0.39 is 0 Å². The maximum absolute atomic E-state index is 5.95. The Morgan fingerprint density at radius 1 is 0.625 bits per heavy atom. The van der Waals surface area contributed by atoms with Crippen molar-refractivity contribution in [2.24, 2.45) is 65.8 Å². The number of halogens is 3. The average molecular weight is 1040 g/mol. The zero-order chi connectivity index (χ0) is 52.0. The standard InChI is InChI=1S/C14H17N3.C11H13ClN2.C10H14ClN3.C8H10ClN5.C8H11N5/c1-16-8-10-17(11-9-16)14-7-6-12-4-2-3-5-13(12)15-14;1-7-9(4-5-13)10-6-8(12)2-3-11(10)14-7;11-9-2-1-3-10(13-9)14-6-4-8(12)5-7-14;9-5-2-1-3-6(4-5)13-8(12)14-7(10)11;9-7(10)13-8(11)12-6-4-2-1-3-5-6/h2-7H,8-11H2,1H3;2-3,6,14H,4-5,13H2,1H3;1-3,8H,4-7,12H2;1-4H,(H6,10,11,12,13,14);1-5H,(H6,9,10,11,12,13). The SMILES string of the molecule is CN1CCN(c2ccc3ccccc3n2)CC1.Cc1[nH]c2ccc(Cl)cc2c1CCN.NC(N)=NC(N)=Nc1cccc(Cl)c1.NC(N)=NC(N)=Nc1ccccc1.NC1CCN(c2cccc(Cl)n2)CC1. The fourth-order valence-electron chi connectivity index (χ4n) is 7.42. The molecule has 3 aromatic heterocycles. The second-order valence-corrected chi connectivity index (χ2v) is 17.8. The van der Waals surface area contributed by atoms with E-state index in [9.17, 15) is 0 Å². The number of aromatic nitrogens is 3. The van der Waals surface area contributed by atoms with E-state index in [-0.39, 0.29) is 23.8 Å². The summed E-state index contributed by atoms with van der Waals surface area (Å²) in [6.07, 6.45) is 2.97. The first-order chi connectivity index (χ1) is 34.6. The van der Waals surface area contributed by atoms with Crippen molar-refractivity contribution in [3.63, 3.8) is 0 Å².